The van der Waals surface area contributed by atoms with Gasteiger partial charge in [-0.3, -0.25) is 19.4 Å². The van der Waals surface area contributed by atoms with E-state index in [0.717, 1.165) is 76.3 Å². The molecule has 2 saturated heterocycles. The van der Waals surface area contributed by atoms with Gasteiger partial charge in [0.1, 0.15) is 35.0 Å². The normalized spacial score (nSPS) is 44.9. The van der Waals surface area contributed by atoms with Crippen LogP contribution in [-0.4, -0.2) is 107 Å². The van der Waals surface area contributed by atoms with Gasteiger partial charge in [-0.25, -0.2) is 0 Å². The molecule has 10 aliphatic carbocycles. The van der Waals surface area contributed by atoms with Crippen molar-refractivity contribution in [3.05, 3.63) is 58.7 Å². The number of benzene rings is 2. The fourth-order valence-corrected chi connectivity index (χ4v) is 17.1. The Morgan fingerprint density at radius 2 is 1.28 bits per heavy atom. The molecule has 0 aromatic heterocycles. The second kappa shape index (κ2) is 11.8. The summed E-state index contributed by atoms with van der Waals surface area (Å²) >= 11 is 0. The molecule has 12 atom stereocenters. The van der Waals surface area contributed by atoms with Crippen LogP contribution in [0.5, 0.6) is 23.0 Å². The van der Waals surface area contributed by atoms with Gasteiger partial charge in [0.05, 0.1) is 17.3 Å². The van der Waals surface area contributed by atoms with E-state index >= 15 is 0 Å². The number of methoxy groups -OCH3 is 2. The van der Waals surface area contributed by atoms with Crippen molar-refractivity contribution < 1.29 is 38.7 Å². The van der Waals surface area contributed by atoms with E-state index in [2.05, 4.69) is 34.1 Å². The summed E-state index contributed by atoms with van der Waals surface area (Å²) in [6, 6.07) is 8.67. The number of carbonyl (C=O) groups is 2. The van der Waals surface area contributed by atoms with Gasteiger partial charge in [0.2, 0.25) is 0 Å². The van der Waals surface area contributed by atoms with E-state index in [0.29, 0.717) is 23.6 Å². The lowest BCUT2D eigenvalue weighted by atomic mass is 9.34. The molecule has 60 heavy (non-hydrogen) atoms. The van der Waals surface area contributed by atoms with Crippen molar-refractivity contribution in [3.8, 4) is 23.0 Å². The first-order valence-electron chi connectivity index (χ1n) is 23.3. The molecule has 14 aliphatic rings. The number of nitrogens with zero attached hydrogens (tertiary/aromatic N) is 2. The average Bonchev–Trinajstić information content (AvgIpc) is 4.18. The van der Waals surface area contributed by atoms with Gasteiger partial charge in [-0.05, 0) is 139 Å². The van der Waals surface area contributed by atoms with Gasteiger partial charge in [0, 0.05) is 66.8 Å². The second-order valence-corrected chi connectivity index (χ2v) is 21.6. The molecular formula is C50H60N2O8. The Morgan fingerprint density at radius 3 is 1.88 bits per heavy atom. The van der Waals surface area contributed by atoms with E-state index in [1.54, 1.807) is 34.1 Å². The first-order valence-corrected chi connectivity index (χ1v) is 23.3. The summed E-state index contributed by atoms with van der Waals surface area (Å²) in [6.45, 7) is 7.95. The van der Waals surface area contributed by atoms with E-state index < -0.39 is 11.2 Å². The lowest BCUT2D eigenvalue weighted by Gasteiger charge is -2.73. The van der Waals surface area contributed by atoms with Crippen molar-refractivity contribution >= 4 is 11.6 Å². The van der Waals surface area contributed by atoms with Crippen molar-refractivity contribution in [2.75, 3.05) is 40.4 Å². The summed E-state index contributed by atoms with van der Waals surface area (Å²) in [7, 11) is 3.48. The summed E-state index contributed by atoms with van der Waals surface area (Å²) in [5.74, 6) is 3.55. The Hall–Kier alpha value is -3.44. The Balaban J connectivity index is 0.000000123. The number of aromatic hydroxyl groups is 2. The van der Waals surface area contributed by atoms with Crippen LogP contribution in [0.25, 0.3) is 0 Å². The van der Waals surface area contributed by atoms with Gasteiger partial charge < -0.3 is 29.2 Å². The minimum atomic E-state index is -0.767. The number of ketones is 2. The highest BCUT2D eigenvalue weighted by Gasteiger charge is 2.82. The van der Waals surface area contributed by atoms with E-state index in [9.17, 15) is 19.8 Å². The van der Waals surface area contributed by atoms with Crippen molar-refractivity contribution in [3.63, 3.8) is 0 Å². The number of hydrogen-bond donors (Lipinski definition) is 2. The number of fused-ring (bicyclic) bond motifs is 3. The highest BCUT2D eigenvalue weighted by Crippen LogP contribution is 2.78. The molecule has 4 aliphatic heterocycles. The van der Waals surface area contributed by atoms with Gasteiger partial charge >= 0.3 is 0 Å². The summed E-state index contributed by atoms with van der Waals surface area (Å²) in [4.78, 5) is 31.3. The minimum absolute atomic E-state index is 0.0352. The standard InChI is InChI=1S/C25H31NO4.C25H29NO4/c2*1-14(27)17-12-23-7-8-25(17,29-2)22-24(23)9-10-26(13-15-3-4-15)19(23)11-16-5-6-18(28)21(30-22)20(16)24/h5-6,15,17,19,22,28H,3-4,7-13H2,1-2H3;5-8,15,17,19,22,28H,3-4,9-13H2,1-2H3/t2*17-,19-,22-,23-,24+,25-/m11/s1. The number of rotatable bonds is 8. The number of ether oxygens (including phenoxy) is 4. The van der Waals surface area contributed by atoms with Crippen LogP contribution in [0.2, 0.25) is 0 Å². The number of likely N-dealkylation sites (tertiary alicyclic amines) is 2. The zero-order chi connectivity index (χ0) is 40.9. The Bertz CT molecular complexity index is 2290. The van der Waals surface area contributed by atoms with Crippen LogP contribution < -0.4 is 9.47 Å². The zero-order valence-electron chi connectivity index (χ0n) is 35.6. The maximum atomic E-state index is 12.9. The number of phenols is 2. The molecular weight excluding hydrogens is 757 g/mol. The third kappa shape index (κ3) is 4.05. The Labute approximate surface area is 352 Å². The predicted octanol–water partition coefficient (Wildman–Crippen LogP) is 6.19. The highest BCUT2D eigenvalue weighted by atomic mass is 16.6. The number of Topliss-reactive ketones (excluding diaryl/α,β-unsaturated/α-hetero) is 2. The van der Waals surface area contributed by atoms with Gasteiger partial charge in [0.15, 0.2) is 23.0 Å². The average molecular weight is 817 g/mol. The summed E-state index contributed by atoms with van der Waals surface area (Å²) < 4.78 is 25.8. The fraction of sp³-hybridized carbons (Fsp3) is 0.680. The van der Waals surface area contributed by atoms with E-state index in [-0.39, 0.29) is 68.8 Å². The predicted molar refractivity (Wildman–Crippen MR) is 222 cm³/mol. The molecule has 8 fully saturated rings. The molecule has 0 amide bonds. The van der Waals surface area contributed by atoms with Crippen LogP contribution >= 0.6 is 0 Å². The summed E-state index contributed by atoms with van der Waals surface area (Å²) in [5.41, 5.74) is 3.30. The number of phenolic OH excluding ortho intramolecular Hbond substituents is 2. The molecule has 6 saturated carbocycles. The quantitative estimate of drug-likeness (QED) is 0.299. The maximum Gasteiger partial charge on any atom is 0.165 e. The van der Waals surface area contributed by atoms with Crippen molar-refractivity contribution in [1.29, 1.82) is 0 Å². The minimum Gasteiger partial charge on any atom is -0.504 e. The number of hydrogen-bond acceptors (Lipinski definition) is 10. The van der Waals surface area contributed by atoms with Crippen molar-refractivity contribution in [1.82, 2.24) is 9.80 Å². The van der Waals surface area contributed by atoms with Gasteiger partial charge in [-0.2, -0.15) is 0 Å². The third-order valence-corrected chi connectivity index (χ3v) is 19.7. The topological polar surface area (TPSA) is 118 Å². The van der Waals surface area contributed by atoms with Gasteiger partial charge in [0.25, 0.3) is 0 Å². The molecule has 2 N–H and O–H groups in total. The molecule has 10 heteroatoms. The van der Waals surface area contributed by atoms with Gasteiger partial charge in [-0.1, -0.05) is 24.3 Å². The molecule has 2 aromatic rings. The lowest BCUT2D eigenvalue weighted by Crippen LogP contribution is -2.81. The monoisotopic (exact) mass is 816 g/mol. The van der Waals surface area contributed by atoms with E-state index in [1.165, 1.54) is 61.0 Å². The van der Waals surface area contributed by atoms with Crippen LogP contribution in [0.3, 0.4) is 0 Å². The molecule has 0 unspecified atom stereocenters. The SMILES string of the molecule is CO[C@]12C=C[C@@]3(C[C@@H]1C(C)=O)[C@H]1Cc4ccc(O)c5c4[C@@]3(CCN1CC1CC1)[C@H]2O5.CO[C@]12CC[C@@]3(C[C@@H]1C(C)=O)[C@H]1Cc4ccc(O)c5c4[C@@]3(CCN1CC1CC1)[C@H]2O5. The molecule has 4 heterocycles. The summed E-state index contributed by atoms with van der Waals surface area (Å²) in [5, 5.41) is 21.5. The third-order valence-electron chi connectivity index (χ3n) is 19.7. The molecule has 8 bridgehead atoms. The first-order chi connectivity index (χ1) is 28.9. The summed E-state index contributed by atoms with van der Waals surface area (Å²) in [6.07, 6.45) is 17.2. The molecule has 4 spiro atoms. The van der Waals surface area contributed by atoms with Crippen LogP contribution in [-0.2, 0) is 42.7 Å². The van der Waals surface area contributed by atoms with Crippen LogP contribution in [0, 0.1) is 34.5 Å². The van der Waals surface area contributed by atoms with Crippen LogP contribution in [0.1, 0.15) is 100 Å². The number of piperidine rings is 2. The number of carbonyl (C=O) groups excluding carboxylic acids is 2. The van der Waals surface area contributed by atoms with Crippen LogP contribution in [0.4, 0.5) is 0 Å². The highest BCUT2D eigenvalue weighted by molar-refractivity contribution is 5.83. The fourth-order valence-electron chi connectivity index (χ4n) is 17.1. The van der Waals surface area contributed by atoms with Crippen molar-refractivity contribution in [2.24, 2.45) is 34.5 Å². The zero-order valence-corrected chi connectivity index (χ0v) is 35.6. The van der Waals surface area contributed by atoms with E-state index in [4.69, 9.17) is 18.9 Å². The lowest BCUT2D eigenvalue weighted by molar-refractivity contribution is -0.271. The maximum absolute atomic E-state index is 12.9. The Kier molecular flexibility index (Phi) is 7.28. The molecule has 318 valence electrons. The Morgan fingerprint density at radius 1 is 0.700 bits per heavy atom. The van der Waals surface area contributed by atoms with Crippen molar-refractivity contribution in [2.45, 2.75) is 137 Å². The van der Waals surface area contributed by atoms with E-state index in [1.807, 2.05) is 6.07 Å². The largest absolute Gasteiger partial charge is 0.504 e. The second-order valence-electron chi connectivity index (χ2n) is 21.6. The molecule has 10 nitrogen and oxygen atoms in total. The van der Waals surface area contributed by atoms with Crippen LogP contribution in [0.15, 0.2) is 36.4 Å². The van der Waals surface area contributed by atoms with Gasteiger partial charge in [-0.15, -0.1) is 0 Å². The molecule has 2 aromatic carbocycles. The molecule has 0 radical (unpaired) electrons. The molecule has 16 rings (SSSR count). The smallest absolute Gasteiger partial charge is 0.165 e. The first kappa shape index (κ1) is 37.1.